The lowest BCUT2D eigenvalue weighted by Gasteiger charge is -2.32. The minimum Gasteiger partial charge on any atom is -0.353 e. The molecular weight excluding hydrogens is 364 g/mol. The van der Waals surface area contributed by atoms with Gasteiger partial charge >= 0.3 is 0 Å². The second kappa shape index (κ2) is 8.69. The molecule has 3 heterocycles. The summed E-state index contributed by atoms with van der Waals surface area (Å²) in [5.74, 6) is 0.117. The molecule has 1 saturated heterocycles. The summed E-state index contributed by atoms with van der Waals surface area (Å²) in [7, 11) is 0. The Balaban J connectivity index is 1.26. The molecule has 1 N–H and O–H groups in total. The summed E-state index contributed by atoms with van der Waals surface area (Å²) < 4.78 is 1.69. The molecule has 0 aliphatic carbocycles. The number of carbonyl (C=O) groups excluding carboxylic acids is 1. The van der Waals surface area contributed by atoms with Gasteiger partial charge in [0, 0.05) is 37.7 Å². The Morgan fingerprint density at radius 2 is 1.93 bits per heavy atom. The van der Waals surface area contributed by atoms with Crippen LogP contribution in [0.4, 0.5) is 0 Å². The average Bonchev–Trinajstić information content (AvgIpc) is 3.19. The van der Waals surface area contributed by atoms with Gasteiger partial charge in [0.25, 0.3) is 0 Å². The molecule has 0 spiro atoms. The molecule has 7 nitrogen and oxygen atoms in total. The Bertz CT molecular complexity index is 976. The van der Waals surface area contributed by atoms with E-state index in [0.717, 1.165) is 54.9 Å². The van der Waals surface area contributed by atoms with E-state index >= 15 is 0 Å². The monoisotopic (exact) mass is 392 g/mol. The lowest BCUT2D eigenvalue weighted by Crippen LogP contribution is -2.44. The number of rotatable bonds is 6. The molecule has 152 valence electrons. The molecule has 1 aromatic carbocycles. The number of nitrogens with one attached hydrogen (secondary N) is 1. The van der Waals surface area contributed by atoms with Crippen LogP contribution in [0.5, 0.6) is 0 Å². The fraction of sp³-hybridized carbons (Fsp3) is 0.455. The van der Waals surface area contributed by atoms with Gasteiger partial charge < -0.3 is 5.32 Å². The second-order valence-electron chi connectivity index (χ2n) is 7.89. The highest BCUT2D eigenvalue weighted by molar-refractivity contribution is 5.76. The third kappa shape index (κ3) is 4.62. The number of amides is 1. The highest BCUT2D eigenvalue weighted by Crippen LogP contribution is 2.18. The maximum atomic E-state index is 12.5. The molecule has 0 bridgehead atoms. The van der Waals surface area contributed by atoms with E-state index in [-0.39, 0.29) is 11.9 Å². The summed E-state index contributed by atoms with van der Waals surface area (Å²) in [5, 5.41) is 15.8. The third-order valence-electron chi connectivity index (χ3n) is 5.82. The molecule has 0 radical (unpaired) electrons. The molecule has 3 aromatic rings. The minimum atomic E-state index is 0.117. The number of hydrogen-bond donors (Lipinski definition) is 1. The van der Waals surface area contributed by atoms with E-state index < -0.39 is 0 Å². The number of piperidine rings is 1. The molecule has 1 aliphatic heterocycles. The number of hydrogen-bond acceptors (Lipinski definition) is 5. The molecule has 7 heteroatoms. The zero-order chi connectivity index (χ0) is 20.2. The predicted molar refractivity (Wildman–Crippen MR) is 111 cm³/mol. The smallest absolute Gasteiger partial charge is 0.220 e. The largest absolute Gasteiger partial charge is 0.353 e. The van der Waals surface area contributed by atoms with Gasteiger partial charge in [-0.15, -0.1) is 10.2 Å². The van der Waals surface area contributed by atoms with E-state index in [2.05, 4.69) is 55.8 Å². The zero-order valence-electron chi connectivity index (χ0n) is 17.1. The Hall–Kier alpha value is -2.80. The van der Waals surface area contributed by atoms with E-state index in [0.29, 0.717) is 12.8 Å². The van der Waals surface area contributed by atoms with E-state index in [9.17, 15) is 4.79 Å². The summed E-state index contributed by atoms with van der Waals surface area (Å²) >= 11 is 0. The SMILES string of the molecule is Cc1nn2cnnc2c(C)c1CCC(=O)NC1CCN(Cc2ccccc2)CC1. The molecule has 0 saturated carbocycles. The molecule has 0 atom stereocenters. The molecule has 0 unspecified atom stereocenters. The number of aromatic nitrogens is 4. The van der Waals surface area contributed by atoms with Crippen LogP contribution in [-0.2, 0) is 17.8 Å². The number of aryl methyl sites for hydroxylation is 2. The Morgan fingerprint density at radius 1 is 1.17 bits per heavy atom. The van der Waals surface area contributed by atoms with Gasteiger partial charge in [0.2, 0.25) is 5.91 Å². The van der Waals surface area contributed by atoms with Crippen molar-refractivity contribution in [1.29, 1.82) is 0 Å². The van der Waals surface area contributed by atoms with Crippen LogP contribution in [0.2, 0.25) is 0 Å². The van der Waals surface area contributed by atoms with E-state index in [1.54, 1.807) is 10.8 Å². The van der Waals surface area contributed by atoms with Crippen LogP contribution in [0, 0.1) is 13.8 Å². The zero-order valence-corrected chi connectivity index (χ0v) is 17.1. The van der Waals surface area contributed by atoms with Crippen LogP contribution in [0.3, 0.4) is 0 Å². The number of benzene rings is 1. The van der Waals surface area contributed by atoms with Crippen molar-refractivity contribution in [2.45, 2.75) is 52.1 Å². The van der Waals surface area contributed by atoms with Crippen LogP contribution in [-0.4, -0.2) is 49.7 Å². The second-order valence-corrected chi connectivity index (χ2v) is 7.89. The van der Waals surface area contributed by atoms with Crippen molar-refractivity contribution in [3.05, 3.63) is 59.0 Å². The number of fused-ring (bicyclic) bond motifs is 1. The van der Waals surface area contributed by atoms with Gasteiger partial charge in [-0.3, -0.25) is 9.69 Å². The van der Waals surface area contributed by atoms with Gasteiger partial charge in [0.05, 0.1) is 5.69 Å². The first-order chi connectivity index (χ1) is 14.1. The standard InChI is InChI=1S/C22H28N6O/c1-16-20(17(2)26-28-15-23-25-22(16)28)8-9-21(29)24-19-10-12-27(13-11-19)14-18-6-4-3-5-7-18/h3-7,15,19H,8-14H2,1-2H3,(H,24,29). The third-order valence-corrected chi connectivity index (χ3v) is 5.82. The van der Waals surface area contributed by atoms with Gasteiger partial charge in [-0.1, -0.05) is 30.3 Å². The Labute approximate surface area is 171 Å². The van der Waals surface area contributed by atoms with Crippen molar-refractivity contribution in [2.75, 3.05) is 13.1 Å². The normalized spacial score (nSPS) is 15.7. The van der Waals surface area contributed by atoms with Crippen molar-refractivity contribution in [3.8, 4) is 0 Å². The fourth-order valence-corrected chi connectivity index (χ4v) is 4.16. The van der Waals surface area contributed by atoms with E-state index in [1.807, 2.05) is 13.8 Å². The van der Waals surface area contributed by atoms with Crippen molar-refractivity contribution in [2.24, 2.45) is 0 Å². The van der Waals surface area contributed by atoms with Gasteiger partial charge in [0.15, 0.2) is 5.65 Å². The summed E-state index contributed by atoms with van der Waals surface area (Å²) in [6.07, 6.45) is 4.76. The molecule has 1 aliphatic rings. The maximum absolute atomic E-state index is 12.5. The van der Waals surface area contributed by atoms with Gasteiger partial charge in [-0.2, -0.15) is 5.10 Å². The lowest BCUT2D eigenvalue weighted by molar-refractivity contribution is -0.122. The molecule has 1 fully saturated rings. The fourth-order valence-electron chi connectivity index (χ4n) is 4.16. The van der Waals surface area contributed by atoms with Crippen LogP contribution < -0.4 is 5.32 Å². The number of nitrogens with zero attached hydrogens (tertiary/aromatic N) is 5. The predicted octanol–water partition coefficient (Wildman–Crippen LogP) is 2.45. The average molecular weight is 393 g/mol. The molecular formula is C22H28N6O. The van der Waals surface area contributed by atoms with Gasteiger partial charge in [-0.25, -0.2) is 4.52 Å². The van der Waals surface area contributed by atoms with E-state index in [4.69, 9.17) is 0 Å². The highest BCUT2D eigenvalue weighted by Gasteiger charge is 2.21. The first-order valence-corrected chi connectivity index (χ1v) is 10.3. The Morgan fingerprint density at radius 3 is 2.69 bits per heavy atom. The molecule has 4 rings (SSSR count). The summed E-state index contributed by atoms with van der Waals surface area (Å²) in [4.78, 5) is 15.0. The summed E-state index contributed by atoms with van der Waals surface area (Å²) in [6.45, 7) is 7.02. The quantitative estimate of drug-likeness (QED) is 0.697. The number of likely N-dealkylation sites (tertiary alicyclic amines) is 1. The van der Waals surface area contributed by atoms with Crippen LogP contribution in [0.25, 0.3) is 5.65 Å². The van der Waals surface area contributed by atoms with Crippen molar-refractivity contribution < 1.29 is 4.79 Å². The molecule has 1 amide bonds. The Kier molecular flexibility index (Phi) is 5.85. The minimum absolute atomic E-state index is 0.117. The van der Waals surface area contributed by atoms with Crippen LogP contribution in [0.1, 0.15) is 41.6 Å². The topological polar surface area (TPSA) is 75.4 Å². The summed E-state index contributed by atoms with van der Waals surface area (Å²) in [6, 6.07) is 10.8. The van der Waals surface area contributed by atoms with Crippen molar-refractivity contribution >= 4 is 11.6 Å². The van der Waals surface area contributed by atoms with Gasteiger partial charge in [0.1, 0.15) is 6.33 Å². The number of carbonyl (C=O) groups is 1. The van der Waals surface area contributed by atoms with Crippen molar-refractivity contribution in [1.82, 2.24) is 30.0 Å². The first-order valence-electron chi connectivity index (χ1n) is 10.3. The lowest BCUT2D eigenvalue weighted by atomic mass is 10.0. The van der Waals surface area contributed by atoms with Crippen LogP contribution >= 0.6 is 0 Å². The summed E-state index contributed by atoms with van der Waals surface area (Å²) in [5.41, 5.74) is 5.18. The first kappa shape index (κ1) is 19.5. The van der Waals surface area contributed by atoms with Gasteiger partial charge in [-0.05, 0) is 44.2 Å². The van der Waals surface area contributed by atoms with Crippen LogP contribution in [0.15, 0.2) is 36.7 Å². The molecule has 29 heavy (non-hydrogen) atoms. The van der Waals surface area contributed by atoms with E-state index in [1.165, 1.54) is 5.56 Å². The molecule has 2 aromatic heterocycles. The maximum Gasteiger partial charge on any atom is 0.220 e. The highest BCUT2D eigenvalue weighted by atomic mass is 16.1. The van der Waals surface area contributed by atoms with Crippen molar-refractivity contribution in [3.63, 3.8) is 0 Å².